The molecule has 7 heteroatoms. The number of nitrogens with zero attached hydrogens (tertiary/aromatic N) is 2. The van der Waals surface area contributed by atoms with E-state index < -0.39 is 11.6 Å². The maximum absolute atomic E-state index is 13.0. The van der Waals surface area contributed by atoms with Crippen LogP contribution in [0.4, 0.5) is 0 Å². The largest absolute Gasteiger partial charge is 0.450 e. The number of aliphatic hydroxyl groups excluding tert-OH is 1. The Kier molecular flexibility index (Phi) is 4.41. The molecule has 1 aliphatic carbocycles. The normalized spacial score (nSPS) is 17.0. The zero-order chi connectivity index (χ0) is 19.1. The van der Waals surface area contributed by atoms with Gasteiger partial charge in [-0.1, -0.05) is 24.3 Å². The number of aliphatic hydroxyl groups is 1. The summed E-state index contributed by atoms with van der Waals surface area (Å²) in [4.78, 5) is 41.7. The van der Waals surface area contributed by atoms with Crippen molar-refractivity contribution in [3.63, 3.8) is 0 Å². The summed E-state index contributed by atoms with van der Waals surface area (Å²) in [6.07, 6.45) is 0. The Morgan fingerprint density at radius 3 is 2.41 bits per heavy atom. The summed E-state index contributed by atoms with van der Waals surface area (Å²) in [7, 11) is 0. The van der Waals surface area contributed by atoms with Gasteiger partial charge in [-0.2, -0.15) is 0 Å². The van der Waals surface area contributed by atoms with Crippen LogP contribution in [0.15, 0.2) is 28.7 Å². The van der Waals surface area contributed by atoms with Crippen LogP contribution in [0.25, 0.3) is 11.3 Å². The Balaban J connectivity index is 1.68. The van der Waals surface area contributed by atoms with Crippen molar-refractivity contribution in [2.45, 2.75) is 6.92 Å². The lowest BCUT2D eigenvalue weighted by Crippen LogP contribution is -2.49. The highest BCUT2D eigenvalue weighted by Crippen LogP contribution is 2.38. The number of rotatable bonds is 3. The molecule has 1 fully saturated rings. The van der Waals surface area contributed by atoms with Gasteiger partial charge >= 0.3 is 0 Å². The number of β-amino-alcohol motifs (C(OH)–C–C–N with tert-alkyl or cyclic N) is 1. The molecule has 0 radical (unpaired) electrons. The van der Waals surface area contributed by atoms with Crippen molar-refractivity contribution in [2.75, 3.05) is 39.3 Å². The van der Waals surface area contributed by atoms with Crippen LogP contribution in [-0.2, 0) is 0 Å². The van der Waals surface area contributed by atoms with Crippen molar-refractivity contribution in [2.24, 2.45) is 0 Å². The molecule has 27 heavy (non-hydrogen) atoms. The molecule has 1 amide bonds. The molecule has 2 aromatic rings. The fourth-order valence-electron chi connectivity index (χ4n) is 3.76. The zero-order valence-corrected chi connectivity index (χ0v) is 15.0. The Morgan fingerprint density at radius 1 is 1.07 bits per heavy atom. The van der Waals surface area contributed by atoms with Crippen LogP contribution in [-0.4, -0.2) is 71.7 Å². The minimum absolute atomic E-state index is 0.0908. The average molecular weight is 368 g/mol. The molecule has 140 valence electrons. The van der Waals surface area contributed by atoms with Crippen LogP contribution in [0.2, 0.25) is 0 Å². The molecule has 0 bridgehead atoms. The highest BCUT2D eigenvalue weighted by atomic mass is 16.4. The van der Waals surface area contributed by atoms with Crippen LogP contribution < -0.4 is 0 Å². The summed E-state index contributed by atoms with van der Waals surface area (Å²) >= 11 is 0. The van der Waals surface area contributed by atoms with E-state index in [4.69, 9.17) is 9.52 Å². The molecule has 1 aromatic heterocycles. The van der Waals surface area contributed by atoms with E-state index >= 15 is 0 Å². The van der Waals surface area contributed by atoms with E-state index in [1.807, 2.05) is 0 Å². The van der Waals surface area contributed by atoms with Crippen molar-refractivity contribution < 1.29 is 23.9 Å². The molecular formula is C20H20N2O5. The lowest BCUT2D eigenvalue weighted by Gasteiger charge is -2.33. The van der Waals surface area contributed by atoms with Crippen molar-refractivity contribution in [3.05, 3.63) is 46.7 Å². The number of amides is 1. The quantitative estimate of drug-likeness (QED) is 0.823. The minimum Gasteiger partial charge on any atom is -0.450 e. The van der Waals surface area contributed by atoms with Crippen molar-refractivity contribution in [3.8, 4) is 11.3 Å². The van der Waals surface area contributed by atoms with Crippen molar-refractivity contribution in [1.29, 1.82) is 0 Å². The van der Waals surface area contributed by atoms with Crippen LogP contribution in [0.5, 0.6) is 0 Å². The molecule has 2 heterocycles. The molecular weight excluding hydrogens is 348 g/mol. The molecule has 1 aliphatic heterocycles. The maximum Gasteiger partial charge on any atom is 0.289 e. The fourth-order valence-corrected chi connectivity index (χ4v) is 3.76. The van der Waals surface area contributed by atoms with Gasteiger partial charge < -0.3 is 14.4 Å². The SMILES string of the molecule is Cc1c(C(=O)N2CCN(CCO)CC2)oc2c1C(=O)C(=O)c1ccccc1-2. The first-order valence-electron chi connectivity index (χ1n) is 8.97. The van der Waals surface area contributed by atoms with E-state index in [2.05, 4.69) is 4.90 Å². The van der Waals surface area contributed by atoms with Gasteiger partial charge in [0.15, 0.2) is 5.76 Å². The molecule has 4 rings (SSSR count). The predicted octanol–water partition coefficient (Wildman–Crippen LogP) is 1.38. The molecule has 0 spiro atoms. The van der Waals surface area contributed by atoms with Crippen molar-refractivity contribution in [1.82, 2.24) is 9.80 Å². The van der Waals surface area contributed by atoms with Gasteiger partial charge in [-0.05, 0) is 6.92 Å². The maximum atomic E-state index is 13.0. The lowest BCUT2D eigenvalue weighted by atomic mass is 9.87. The van der Waals surface area contributed by atoms with Gasteiger partial charge in [0.05, 0.1) is 12.2 Å². The van der Waals surface area contributed by atoms with E-state index in [1.165, 1.54) is 0 Å². The summed E-state index contributed by atoms with van der Waals surface area (Å²) in [5.74, 6) is -1.05. The standard InChI is InChI=1S/C20H20N2O5/c1-12-15-17(25)16(24)13-4-2-3-5-14(13)19(15)27-18(12)20(26)22-8-6-21(7-9-22)10-11-23/h2-5,23H,6-11H2,1H3. The lowest BCUT2D eigenvalue weighted by molar-refractivity contribution is 0.0585. The Bertz CT molecular complexity index is 938. The average Bonchev–Trinajstić information content (AvgIpc) is 3.04. The number of carbonyl (C=O) groups excluding carboxylic acids is 3. The van der Waals surface area contributed by atoms with Gasteiger partial charge in [0.25, 0.3) is 5.91 Å². The Morgan fingerprint density at radius 2 is 1.74 bits per heavy atom. The highest BCUT2D eigenvalue weighted by molar-refractivity contribution is 6.53. The number of hydrogen-bond acceptors (Lipinski definition) is 6. The van der Waals surface area contributed by atoms with Crippen LogP contribution in [0.1, 0.15) is 36.8 Å². The second-order valence-electron chi connectivity index (χ2n) is 6.82. The summed E-state index contributed by atoms with van der Waals surface area (Å²) in [5.41, 5.74) is 1.47. The number of fused-ring (bicyclic) bond motifs is 3. The molecule has 0 saturated carbocycles. The van der Waals surface area contributed by atoms with Gasteiger partial charge in [0.1, 0.15) is 5.76 Å². The Hall–Kier alpha value is -2.77. The minimum atomic E-state index is -0.628. The highest BCUT2D eigenvalue weighted by Gasteiger charge is 2.38. The summed E-state index contributed by atoms with van der Waals surface area (Å²) in [5, 5.41) is 9.03. The number of piperazine rings is 1. The van der Waals surface area contributed by atoms with Crippen LogP contribution >= 0.6 is 0 Å². The second-order valence-corrected chi connectivity index (χ2v) is 6.82. The fraction of sp³-hybridized carbons (Fsp3) is 0.350. The van der Waals surface area contributed by atoms with Crippen LogP contribution in [0, 0.1) is 6.92 Å². The van der Waals surface area contributed by atoms with Gasteiger partial charge in [-0.3, -0.25) is 19.3 Å². The first kappa shape index (κ1) is 17.6. The third kappa shape index (κ3) is 2.79. The predicted molar refractivity (Wildman–Crippen MR) is 97.0 cm³/mol. The first-order chi connectivity index (χ1) is 13.0. The van der Waals surface area contributed by atoms with E-state index in [0.29, 0.717) is 55.2 Å². The number of benzene rings is 1. The molecule has 1 saturated heterocycles. The summed E-state index contributed by atoms with van der Waals surface area (Å²) in [6, 6.07) is 6.79. The molecule has 1 N–H and O–H groups in total. The molecule has 0 unspecified atom stereocenters. The van der Waals surface area contributed by atoms with E-state index in [-0.39, 0.29) is 23.8 Å². The molecule has 1 aromatic carbocycles. The number of Topliss-reactive ketones (excluding diaryl/α,β-unsaturated/α-hetero) is 2. The van der Waals surface area contributed by atoms with Gasteiger partial charge in [0.2, 0.25) is 11.6 Å². The number of hydrogen-bond donors (Lipinski definition) is 1. The van der Waals surface area contributed by atoms with Gasteiger partial charge in [-0.25, -0.2) is 0 Å². The van der Waals surface area contributed by atoms with Gasteiger partial charge in [0, 0.05) is 49.4 Å². The van der Waals surface area contributed by atoms with Crippen LogP contribution in [0.3, 0.4) is 0 Å². The number of carbonyl (C=O) groups is 3. The molecule has 0 atom stereocenters. The summed E-state index contributed by atoms with van der Waals surface area (Å²) in [6.45, 7) is 4.71. The molecule has 2 aliphatic rings. The summed E-state index contributed by atoms with van der Waals surface area (Å²) < 4.78 is 5.85. The smallest absolute Gasteiger partial charge is 0.289 e. The van der Waals surface area contributed by atoms with E-state index in [9.17, 15) is 14.4 Å². The van der Waals surface area contributed by atoms with E-state index in [0.717, 1.165) is 0 Å². The van der Waals surface area contributed by atoms with E-state index in [1.54, 1.807) is 36.1 Å². The number of furan rings is 1. The van der Waals surface area contributed by atoms with Gasteiger partial charge in [-0.15, -0.1) is 0 Å². The third-order valence-electron chi connectivity index (χ3n) is 5.27. The van der Waals surface area contributed by atoms with Crippen molar-refractivity contribution >= 4 is 17.5 Å². The first-order valence-corrected chi connectivity index (χ1v) is 8.97. The monoisotopic (exact) mass is 368 g/mol. The topological polar surface area (TPSA) is 91.1 Å². The zero-order valence-electron chi connectivity index (χ0n) is 15.0. The third-order valence-corrected chi connectivity index (χ3v) is 5.27. The molecule has 7 nitrogen and oxygen atoms in total. The second kappa shape index (κ2) is 6.75. The number of ketones is 2. The Labute approximate surface area is 156 Å².